The van der Waals surface area contributed by atoms with Crippen molar-refractivity contribution in [2.45, 2.75) is 12.1 Å². The van der Waals surface area contributed by atoms with Crippen LogP contribution in [0.1, 0.15) is 5.56 Å². The van der Waals surface area contributed by atoms with Gasteiger partial charge in [0.05, 0.1) is 5.75 Å². The van der Waals surface area contributed by atoms with Crippen LogP contribution in [-0.4, -0.2) is 31.6 Å². The van der Waals surface area contributed by atoms with E-state index in [1.54, 1.807) is 11.6 Å². The van der Waals surface area contributed by atoms with E-state index in [0.717, 1.165) is 22.9 Å². The summed E-state index contributed by atoms with van der Waals surface area (Å²) < 4.78 is 1.77. The summed E-state index contributed by atoms with van der Waals surface area (Å²) in [5.74, 6) is -0.248. The van der Waals surface area contributed by atoms with E-state index < -0.39 is 5.97 Å². The zero-order chi connectivity index (χ0) is 14.0. The molecule has 0 fully saturated rings. The summed E-state index contributed by atoms with van der Waals surface area (Å²) in [6.07, 6.45) is 0. The molecule has 7 heteroatoms. The van der Waals surface area contributed by atoms with E-state index in [-0.39, 0.29) is 5.75 Å². The summed E-state index contributed by atoms with van der Waals surface area (Å²) >= 11 is 7.13. The Kier molecular flexibility index (Phi) is 4.11. The number of aryl methyl sites for hydroxylation is 1. The Labute approximate surface area is 119 Å². The highest BCUT2D eigenvalue weighted by Crippen LogP contribution is 2.27. The second-order valence-electron chi connectivity index (χ2n) is 4.01. The first-order valence-corrected chi connectivity index (χ1v) is 6.86. The lowest BCUT2D eigenvalue weighted by Gasteiger charge is -2.06. The molecule has 0 bridgehead atoms. The maximum absolute atomic E-state index is 10.6. The molecule has 0 aliphatic rings. The third-order valence-electron chi connectivity index (χ3n) is 2.60. The second-order valence-corrected chi connectivity index (χ2v) is 5.39. The van der Waals surface area contributed by atoms with E-state index in [2.05, 4.69) is 10.2 Å². The molecular formula is C12H12ClN3O2S. The number of carboxylic acid groups (broad SMARTS) is 1. The third kappa shape index (κ3) is 3.08. The number of halogens is 1. The van der Waals surface area contributed by atoms with E-state index >= 15 is 0 Å². The highest BCUT2D eigenvalue weighted by atomic mass is 35.5. The van der Waals surface area contributed by atoms with Gasteiger partial charge in [0.15, 0.2) is 11.0 Å². The molecule has 0 saturated carbocycles. The van der Waals surface area contributed by atoms with Gasteiger partial charge >= 0.3 is 5.97 Å². The molecule has 2 rings (SSSR count). The molecule has 1 aromatic heterocycles. The number of hydrogen-bond donors (Lipinski definition) is 1. The molecule has 1 aromatic carbocycles. The number of aliphatic carboxylic acids is 1. The number of carboxylic acids is 1. The van der Waals surface area contributed by atoms with Gasteiger partial charge < -0.3 is 9.67 Å². The van der Waals surface area contributed by atoms with Gasteiger partial charge in [-0.05, 0) is 24.6 Å². The van der Waals surface area contributed by atoms with E-state index in [1.807, 2.05) is 25.1 Å². The van der Waals surface area contributed by atoms with Crippen LogP contribution >= 0.6 is 23.4 Å². The van der Waals surface area contributed by atoms with Crippen LogP contribution in [0.5, 0.6) is 0 Å². The second kappa shape index (κ2) is 5.63. The molecule has 0 atom stereocenters. The molecule has 0 aliphatic carbocycles. The van der Waals surface area contributed by atoms with Crippen molar-refractivity contribution in [1.82, 2.24) is 14.8 Å². The summed E-state index contributed by atoms with van der Waals surface area (Å²) in [5, 5.41) is 18.0. The van der Waals surface area contributed by atoms with Gasteiger partial charge in [-0.2, -0.15) is 0 Å². The van der Waals surface area contributed by atoms with Crippen molar-refractivity contribution in [1.29, 1.82) is 0 Å². The van der Waals surface area contributed by atoms with Crippen LogP contribution in [0, 0.1) is 6.92 Å². The minimum atomic E-state index is -0.881. The van der Waals surface area contributed by atoms with Gasteiger partial charge in [0, 0.05) is 17.6 Å². The zero-order valence-electron chi connectivity index (χ0n) is 10.4. The number of aromatic nitrogens is 3. The van der Waals surface area contributed by atoms with Crippen molar-refractivity contribution in [3.8, 4) is 11.4 Å². The molecule has 0 unspecified atom stereocenters. The molecule has 0 amide bonds. The van der Waals surface area contributed by atoms with Gasteiger partial charge in [0.25, 0.3) is 0 Å². The fraction of sp³-hybridized carbons (Fsp3) is 0.250. The minimum Gasteiger partial charge on any atom is -0.481 e. The standard InChI is InChI=1S/C12H12ClN3O2S/c1-7-3-4-8(13)5-9(7)11-14-15-12(16(11)2)19-6-10(17)18/h3-5H,6H2,1-2H3,(H,17,18). The highest BCUT2D eigenvalue weighted by Gasteiger charge is 2.14. The first-order valence-electron chi connectivity index (χ1n) is 5.49. The summed E-state index contributed by atoms with van der Waals surface area (Å²) in [4.78, 5) is 10.6. The van der Waals surface area contributed by atoms with Crippen LogP contribution in [0.3, 0.4) is 0 Å². The average molecular weight is 298 g/mol. The van der Waals surface area contributed by atoms with Crippen LogP contribution in [-0.2, 0) is 11.8 Å². The molecule has 1 N–H and O–H groups in total. The quantitative estimate of drug-likeness (QED) is 0.879. The van der Waals surface area contributed by atoms with Crippen LogP contribution < -0.4 is 0 Å². The molecule has 0 aliphatic heterocycles. The van der Waals surface area contributed by atoms with Crippen molar-refractivity contribution < 1.29 is 9.90 Å². The smallest absolute Gasteiger partial charge is 0.313 e. The Morgan fingerprint density at radius 1 is 1.47 bits per heavy atom. The Balaban J connectivity index is 2.36. The molecule has 2 aromatic rings. The first kappa shape index (κ1) is 13.9. The van der Waals surface area contributed by atoms with Gasteiger partial charge in [0.1, 0.15) is 0 Å². The van der Waals surface area contributed by atoms with E-state index in [1.165, 1.54) is 0 Å². The predicted octanol–water partition coefficient (Wildman–Crippen LogP) is 2.62. The van der Waals surface area contributed by atoms with Crippen molar-refractivity contribution in [2.24, 2.45) is 7.05 Å². The fourth-order valence-electron chi connectivity index (χ4n) is 1.64. The Hall–Kier alpha value is -1.53. The van der Waals surface area contributed by atoms with Gasteiger partial charge in [-0.3, -0.25) is 4.79 Å². The topological polar surface area (TPSA) is 68.0 Å². The molecule has 100 valence electrons. The zero-order valence-corrected chi connectivity index (χ0v) is 12.0. The maximum Gasteiger partial charge on any atom is 0.313 e. The summed E-state index contributed by atoms with van der Waals surface area (Å²) in [6, 6.07) is 5.56. The summed E-state index contributed by atoms with van der Waals surface area (Å²) in [5.41, 5.74) is 1.93. The van der Waals surface area contributed by atoms with Crippen molar-refractivity contribution >= 4 is 29.3 Å². The van der Waals surface area contributed by atoms with Gasteiger partial charge in [-0.1, -0.05) is 29.4 Å². The Morgan fingerprint density at radius 2 is 2.21 bits per heavy atom. The molecular weight excluding hydrogens is 286 g/mol. The van der Waals surface area contributed by atoms with Gasteiger partial charge in [-0.15, -0.1) is 10.2 Å². The van der Waals surface area contributed by atoms with Crippen molar-refractivity contribution in [3.05, 3.63) is 28.8 Å². The maximum atomic E-state index is 10.6. The molecule has 1 heterocycles. The van der Waals surface area contributed by atoms with Crippen LogP contribution in [0.25, 0.3) is 11.4 Å². The largest absolute Gasteiger partial charge is 0.481 e. The number of benzene rings is 1. The third-order valence-corrected chi connectivity index (χ3v) is 3.84. The molecule has 19 heavy (non-hydrogen) atoms. The van der Waals surface area contributed by atoms with Gasteiger partial charge in [-0.25, -0.2) is 0 Å². The number of rotatable bonds is 4. The monoisotopic (exact) mass is 297 g/mol. The lowest BCUT2D eigenvalue weighted by Crippen LogP contribution is -2.01. The number of nitrogens with zero attached hydrogens (tertiary/aromatic N) is 3. The Bertz CT molecular complexity index is 627. The molecule has 0 spiro atoms. The lowest BCUT2D eigenvalue weighted by molar-refractivity contribution is -0.133. The first-order chi connectivity index (χ1) is 8.99. The minimum absolute atomic E-state index is 0.0412. The average Bonchev–Trinajstić information content (AvgIpc) is 2.71. The normalized spacial score (nSPS) is 10.7. The number of thioether (sulfide) groups is 1. The highest BCUT2D eigenvalue weighted by molar-refractivity contribution is 7.99. The van der Waals surface area contributed by atoms with E-state index in [0.29, 0.717) is 16.0 Å². The summed E-state index contributed by atoms with van der Waals surface area (Å²) in [7, 11) is 1.81. The SMILES string of the molecule is Cc1ccc(Cl)cc1-c1nnc(SCC(=O)O)n1C. The number of hydrogen-bond acceptors (Lipinski definition) is 4. The van der Waals surface area contributed by atoms with Crippen LogP contribution in [0.15, 0.2) is 23.4 Å². The van der Waals surface area contributed by atoms with Crippen LogP contribution in [0.4, 0.5) is 0 Å². The lowest BCUT2D eigenvalue weighted by atomic mass is 10.1. The van der Waals surface area contributed by atoms with E-state index in [9.17, 15) is 4.79 Å². The molecule has 0 saturated heterocycles. The van der Waals surface area contributed by atoms with E-state index in [4.69, 9.17) is 16.7 Å². The fourth-order valence-corrected chi connectivity index (χ4v) is 2.44. The van der Waals surface area contributed by atoms with Crippen molar-refractivity contribution in [3.63, 3.8) is 0 Å². The molecule has 5 nitrogen and oxygen atoms in total. The summed E-state index contributed by atoms with van der Waals surface area (Å²) in [6.45, 7) is 1.96. The predicted molar refractivity (Wildman–Crippen MR) is 74.5 cm³/mol. The number of carbonyl (C=O) groups is 1. The van der Waals surface area contributed by atoms with Gasteiger partial charge in [0.2, 0.25) is 0 Å². The molecule has 0 radical (unpaired) electrons. The van der Waals surface area contributed by atoms with Crippen LogP contribution in [0.2, 0.25) is 5.02 Å². The van der Waals surface area contributed by atoms with Crippen molar-refractivity contribution in [2.75, 3.05) is 5.75 Å². The Morgan fingerprint density at radius 3 is 2.89 bits per heavy atom.